The molecule has 0 unspecified atom stereocenters. The topological polar surface area (TPSA) is 58.6 Å². The molecule has 1 saturated heterocycles. The van der Waals surface area contributed by atoms with Crippen molar-refractivity contribution in [3.05, 3.63) is 29.3 Å². The third-order valence-corrected chi connectivity index (χ3v) is 6.10. The van der Waals surface area contributed by atoms with E-state index in [9.17, 15) is 0 Å². The van der Waals surface area contributed by atoms with Gasteiger partial charge < -0.3 is 15.2 Å². The molecule has 0 bridgehead atoms. The van der Waals surface area contributed by atoms with Gasteiger partial charge in [0, 0.05) is 35.6 Å². The first-order valence-corrected chi connectivity index (χ1v) is 9.85. The number of fused-ring (bicyclic) bond motifs is 1. The molecular formula is C16H23NO3S2. The van der Waals surface area contributed by atoms with Crippen LogP contribution >= 0.6 is 23.5 Å². The zero-order valence-corrected chi connectivity index (χ0v) is 14.3. The van der Waals surface area contributed by atoms with Crippen LogP contribution in [0.2, 0.25) is 0 Å². The number of benzene rings is 1. The van der Waals surface area contributed by atoms with Crippen LogP contribution < -0.4 is 10.1 Å². The molecule has 6 heteroatoms. The van der Waals surface area contributed by atoms with E-state index in [1.165, 1.54) is 34.1 Å². The second kappa shape index (κ2) is 10.0. The summed E-state index contributed by atoms with van der Waals surface area (Å²) in [5, 5.41) is 10.6. The molecule has 0 saturated carbocycles. The van der Waals surface area contributed by atoms with E-state index < -0.39 is 0 Å². The summed E-state index contributed by atoms with van der Waals surface area (Å²) in [5.41, 5.74) is 2.78. The van der Waals surface area contributed by atoms with Crippen molar-refractivity contribution in [1.29, 1.82) is 0 Å². The highest BCUT2D eigenvalue weighted by Gasteiger charge is 2.13. The van der Waals surface area contributed by atoms with Crippen molar-refractivity contribution < 1.29 is 14.6 Å². The highest BCUT2D eigenvalue weighted by atomic mass is 32.2. The van der Waals surface area contributed by atoms with Crippen LogP contribution in [0.5, 0.6) is 5.75 Å². The van der Waals surface area contributed by atoms with Crippen LogP contribution in [0.15, 0.2) is 18.2 Å². The van der Waals surface area contributed by atoms with Gasteiger partial charge in [0.05, 0.1) is 6.61 Å². The highest BCUT2D eigenvalue weighted by molar-refractivity contribution is 8.03. The predicted molar refractivity (Wildman–Crippen MR) is 94.2 cm³/mol. The first-order valence-electron chi connectivity index (χ1n) is 7.55. The minimum Gasteiger partial charge on any atom is -0.493 e. The molecule has 1 fully saturated rings. The monoisotopic (exact) mass is 341 g/mol. The van der Waals surface area contributed by atoms with Crippen molar-refractivity contribution in [3.8, 4) is 5.75 Å². The molecule has 2 aliphatic heterocycles. The molecule has 1 aromatic rings. The minimum atomic E-state index is -0.250. The lowest BCUT2D eigenvalue weighted by Gasteiger charge is -2.19. The molecule has 0 radical (unpaired) electrons. The fraction of sp³-hybridized carbons (Fsp3) is 0.562. The maximum absolute atomic E-state index is 8.36. The Bertz CT molecular complexity index is 463. The standard InChI is InChI=1S/C15H21NOS2.CH2O2/c1-2-13-8-12(3-4-15(13)17-5-1)9-16-14-10-18-6-7-19-11-14;2-1-3/h3-4,8,14,16H,1-2,5-7,9-11H2;1H,(H,2,3). The van der Waals surface area contributed by atoms with Crippen molar-refractivity contribution >= 4 is 30.0 Å². The number of carbonyl (C=O) groups is 1. The average Bonchev–Trinajstić information content (AvgIpc) is 2.82. The van der Waals surface area contributed by atoms with Crippen molar-refractivity contribution in [1.82, 2.24) is 5.32 Å². The number of nitrogens with one attached hydrogen (secondary N) is 1. The maximum Gasteiger partial charge on any atom is 0.290 e. The molecule has 2 aliphatic rings. The first-order chi connectivity index (χ1) is 10.8. The molecule has 0 amide bonds. The smallest absolute Gasteiger partial charge is 0.290 e. The van der Waals surface area contributed by atoms with Gasteiger partial charge in [-0.3, -0.25) is 4.79 Å². The number of thioether (sulfide) groups is 2. The lowest BCUT2D eigenvalue weighted by atomic mass is 10.0. The molecule has 2 N–H and O–H groups in total. The molecule has 22 heavy (non-hydrogen) atoms. The molecule has 0 spiro atoms. The first kappa shape index (κ1) is 17.5. The van der Waals surface area contributed by atoms with Gasteiger partial charge in [-0.1, -0.05) is 12.1 Å². The van der Waals surface area contributed by atoms with Crippen LogP contribution in [0, 0.1) is 0 Å². The van der Waals surface area contributed by atoms with Crippen LogP contribution in [-0.2, 0) is 17.8 Å². The molecule has 3 rings (SSSR count). The van der Waals surface area contributed by atoms with Crippen LogP contribution in [0.1, 0.15) is 17.5 Å². The van der Waals surface area contributed by atoms with E-state index in [1.807, 2.05) is 0 Å². The molecule has 0 aromatic heterocycles. The van der Waals surface area contributed by atoms with Gasteiger partial charge in [0.25, 0.3) is 6.47 Å². The van der Waals surface area contributed by atoms with E-state index in [-0.39, 0.29) is 6.47 Å². The summed E-state index contributed by atoms with van der Waals surface area (Å²) in [6, 6.07) is 7.32. The summed E-state index contributed by atoms with van der Waals surface area (Å²) >= 11 is 4.16. The van der Waals surface area contributed by atoms with Gasteiger partial charge in [0.1, 0.15) is 5.75 Å². The number of carboxylic acid groups (broad SMARTS) is 1. The SMILES string of the molecule is O=CO.c1cc2c(cc1CNC1CSCCSC1)CCCO2. The highest BCUT2D eigenvalue weighted by Crippen LogP contribution is 2.25. The van der Waals surface area contributed by atoms with Gasteiger partial charge in [0.2, 0.25) is 0 Å². The van der Waals surface area contributed by atoms with Gasteiger partial charge >= 0.3 is 0 Å². The van der Waals surface area contributed by atoms with Gasteiger partial charge in [-0.2, -0.15) is 23.5 Å². The van der Waals surface area contributed by atoms with Gasteiger partial charge in [-0.25, -0.2) is 0 Å². The van der Waals surface area contributed by atoms with Crippen LogP contribution in [-0.4, -0.2) is 47.2 Å². The zero-order valence-electron chi connectivity index (χ0n) is 12.6. The Morgan fingerprint density at radius 2 is 2.05 bits per heavy atom. The van der Waals surface area contributed by atoms with Crippen molar-refractivity contribution in [2.45, 2.75) is 25.4 Å². The molecule has 4 nitrogen and oxygen atoms in total. The predicted octanol–water partition coefficient (Wildman–Crippen LogP) is 2.65. The Balaban J connectivity index is 0.000000545. The van der Waals surface area contributed by atoms with E-state index in [4.69, 9.17) is 14.6 Å². The second-order valence-corrected chi connectivity index (χ2v) is 7.53. The van der Waals surface area contributed by atoms with Crippen molar-refractivity contribution in [3.63, 3.8) is 0 Å². The van der Waals surface area contributed by atoms with E-state index in [0.29, 0.717) is 6.04 Å². The normalized spacial score (nSPS) is 18.2. The van der Waals surface area contributed by atoms with Crippen molar-refractivity contribution in [2.75, 3.05) is 29.6 Å². The second-order valence-electron chi connectivity index (χ2n) is 5.23. The lowest BCUT2D eigenvalue weighted by Crippen LogP contribution is -2.32. The largest absolute Gasteiger partial charge is 0.493 e. The Kier molecular flexibility index (Phi) is 7.98. The number of ether oxygens (including phenoxy) is 1. The number of rotatable bonds is 3. The van der Waals surface area contributed by atoms with E-state index in [1.54, 1.807) is 0 Å². The summed E-state index contributed by atoms with van der Waals surface area (Å²) in [5.74, 6) is 6.20. The summed E-state index contributed by atoms with van der Waals surface area (Å²) < 4.78 is 5.66. The fourth-order valence-electron chi connectivity index (χ4n) is 2.52. The van der Waals surface area contributed by atoms with Crippen LogP contribution in [0.3, 0.4) is 0 Å². The third-order valence-electron chi connectivity index (χ3n) is 3.58. The molecule has 2 heterocycles. The third kappa shape index (κ3) is 5.74. The van der Waals surface area contributed by atoms with E-state index in [0.717, 1.165) is 31.7 Å². The number of hydrogen-bond acceptors (Lipinski definition) is 5. The molecule has 0 atom stereocenters. The zero-order chi connectivity index (χ0) is 15.6. The quantitative estimate of drug-likeness (QED) is 0.825. The van der Waals surface area contributed by atoms with E-state index in [2.05, 4.69) is 47.0 Å². The minimum absolute atomic E-state index is 0.250. The fourth-order valence-corrected chi connectivity index (χ4v) is 4.99. The Morgan fingerprint density at radius 1 is 1.32 bits per heavy atom. The summed E-state index contributed by atoms with van der Waals surface area (Å²) in [6.07, 6.45) is 2.32. The summed E-state index contributed by atoms with van der Waals surface area (Å²) in [4.78, 5) is 8.36. The average molecular weight is 341 g/mol. The summed E-state index contributed by atoms with van der Waals surface area (Å²) in [7, 11) is 0. The van der Waals surface area contributed by atoms with E-state index >= 15 is 0 Å². The van der Waals surface area contributed by atoms with Gasteiger partial charge in [0.15, 0.2) is 0 Å². The number of hydrogen-bond donors (Lipinski definition) is 2. The van der Waals surface area contributed by atoms with Gasteiger partial charge in [-0.05, 0) is 30.0 Å². The summed E-state index contributed by atoms with van der Waals surface area (Å²) in [6.45, 7) is 1.61. The lowest BCUT2D eigenvalue weighted by molar-refractivity contribution is -0.122. The Labute approximate surface area is 140 Å². The number of aryl methyl sites for hydroxylation is 1. The van der Waals surface area contributed by atoms with Crippen molar-refractivity contribution in [2.24, 2.45) is 0 Å². The van der Waals surface area contributed by atoms with Gasteiger partial charge in [-0.15, -0.1) is 0 Å². The molecular weight excluding hydrogens is 318 g/mol. The van der Waals surface area contributed by atoms with Crippen LogP contribution in [0.25, 0.3) is 0 Å². The molecule has 0 aliphatic carbocycles. The van der Waals surface area contributed by atoms with Crippen LogP contribution in [0.4, 0.5) is 0 Å². The molecule has 122 valence electrons. The Hall–Kier alpha value is -0.850. The maximum atomic E-state index is 8.36. The molecule has 1 aromatic carbocycles. The Morgan fingerprint density at radius 3 is 2.77 bits per heavy atom.